The van der Waals surface area contributed by atoms with Gasteiger partial charge in [-0.3, -0.25) is 4.90 Å². The van der Waals surface area contributed by atoms with Gasteiger partial charge in [0.05, 0.1) is 5.54 Å². The van der Waals surface area contributed by atoms with Crippen molar-refractivity contribution in [1.29, 1.82) is 0 Å². The molecular formula is C18H36N2O3. The van der Waals surface area contributed by atoms with Crippen LogP contribution in [0, 0.1) is 0 Å². The predicted molar refractivity (Wildman–Crippen MR) is 93.6 cm³/mol. The Labute approximate surface area is 141 Å². The minimum atomic E-state index is -1.12. The second-order valence-corrected chi connectivity index (χ2v) is 7.10. The van der Waals surface area contributed by atoms with Gasteiger partial charge >= 0.3 is 6.09 Å². The zero-order valence-electron chi connectivity index (χ0n) is 15.2. The molecule has 1 rings (SSSR count). The van der Waals surface area contributed by atoms with Crippen LogP contribution in [0.4, 0.5) is 4.79 Å². The average molecular weight is 328 g/mol. The molecule has 0 aliphatic carbocycles. The highest BCUT2D eigenvalue weighted by Gasteiger charge is 2.59. The van der Waals surface area contributed by atoms with Crippen LogP contribution in [-0.2, 0) is 0 Å². The van der Waals surface area contributed by atoms with E-state index in [0.717, 1.165) is 38.5 Å². The van der Waals surface area contributed by atoms with E-state index in [9.17, 15) is 15.0 Å². The second-order valence-electron chi connectivity index (χ2n) is 7.10. The van der Waals surface area contributed by atoms with Gasteiger partial charge in [-0.1, -0.05) is 59.3 Å². The molecule has 0 bridgehead atoms. The maximum Gasteiger partial charge on any atom is 0.407 e. The smallest absolute Gasteiger partial charge is 0.407 e. The number of hydrogen-bond donors (Lipinski definition) is 3. The molecule has 0 spiro atoms. The normalized spacial score (nSPS) is 27.2. The van der Waals surface area contributed by atoms with Crippen LogP contribution >= 0.6 is 0 Å². The highest BCUT2D eigenvalue weighted by Crippen LogP contribution is 2.46. The lowest BCUT2D eigenvalue weighted by Gasteiger charge is -2.59. The summed E-state index contributed by atoms with van der Waals surface area (Å²) in [4.78, 5) is 13.5. The molecule has 136 valence electrons. The van der Waals surface area contributed by atoms with Crippen molar-refractivity contribution in [1.82, 2.24) is 4.90 Å². The molecule has 0 radical (unpaired) electrons. The van der Waals surface area contributed by atoms with E-state index in [4.69, 9.17) is 5.73 Å². The Balaban J connectivity index is 3.31. The van der Waals surface area contributed by atoms with Crippen LogP contribution in [-0.4, -0.2) is 44.9 Å². The lowest BCUT2D eigenvalue weighted by molar-refractivity contribution is -0.157. The van der Waals surface area contributed by atoms with Crippen molar-refractivity contribution in [3.05, 3.63) is 0 Å². The van der Waals surface area contributed by atoms with E-state index in [1.807, 2.05) is 0 Å². The molecule has 0 saturated carbocycles. The molecule has 1 heterocycles. The van der Waals surface area contributed by atoms with Crippen molar-refractivity contribution >= 4 is 6.09 Å². The summed E-state index contributed by atoms with van der Waals surface area (Å²) in [7, 11) is 0. The minimum absolute atomic E-state index is 0.349. The third kappa shape index (κ3) is 4.00. The summed E-state index contributed by atoms with van der Waals surface area (Å²) in [5, 5.41) is 21.4. The number of likely N-dealkylation sites (tertiary alicyclic amines) is 1. The number of rotatable bonds is 9. The van der Waals surface area contributed by atoms with Gasteiger partial charge in [-0.15, -0.1) is 0 Å². The fourth-order valence-corrected chi connectivity index (χ4v) is 4.21. The average Bonchev–Trinajstić information content (AvgIpc) is 2.53. The zero-order valence-corrected chi connectivity index (χ0v) is 15.2. The van der Waals surface area contributed by atoms with E-state index < -0.39 is 17.2 Å². The van der Waals surface area contributed by atoms with Crippen molar-refractivity contribution < 1.29 is 15.0 Å². The maximum absolute atomic E-state index is 11.9. The van der Waals surface area contributed by atoms with Gasteiger partial charge in [0, 0.05) is 12.6 Å². The molecule has 1 aliphatic heterocycles. The Kier molecular flexibility index (Phi) is 7.81. The fraction of sp³-hybridized carbons (Fsp3) is 0.944. The third-order valence-electron chi connectivity index (χ3n) is 5.63. The summed E-state index contributed by atoms with van der Waals surface area (Å²) in [6.07, 6.45) is 7.24. The standard InChI is InChI=1S/C18H36N2O3/c1-4-7-11-17(12-8-5-2)18(23,13-9-6-3)15(19)10-14-20(17)16(21)22/h15,23H,4-14,19H2,1-3H3,(H,21,22)/t15-,18-/m0/s1. The molecule has 4 N–H and O–H groups in total. The van der Waals surface area contributed by atoms with Crippen molar-refractivity contribution in [2.45, 2.75) is 102 Å². The quantitative estimate of drug-likeness (QED) is 0.602. The van der Waals surface area contributed by atoms with Crippen molar-refractivity contribution in [2.24, 2.45) is 5.73 Å². The van der Waals surface area contributed by atoms with Crippen LogP contribution in [0.5, 0.6) is 0 Å². The molecule has 1 amide bonds. The number of carboxylic acid groups (broad SMARTS) is 1. The van der Waals surface area contributed by atoms with Crippen molar-refractivity contribution in [2.75, 3.05) is 6.54 Å². The van der Waals surface area contributed by atoms with Crippen LogP contribution in [0.1, 0.15) is 85.0 Å². The van der Waals surface area contributed by atoms with Gasteiger partial charge in [0.2, 0.25) is 0 Å². The van der Waals surface area contributed by atoms with Crippen LogP contribution in [0.15, 0.2) is 0 Å². The van der Waals surface area contributed by atoms with E-state index in [1.165, 1.54) is 4.90 Å². The zero-order chi connectivity index (χ0) is 17.5. The largest absolute Gasteiger partial charge is 0.465 e. The lowest BCUT2D eigenvalue weighted by atomic mass is 9.63. The molecular weight excluding hydrogens is 292 g/mol. The number of carbonyl (C=O) groups is 1. The molecule has 0 aromatic carbocycles. The van der Waals surface area contributed by atoms with E-state index in [0.29, 0.717) is 32.2 Å². The molecule has 1 saturated heterocycles. The van der Waals surface area contributed by atoms with E-state index in [2.05, 4.69) is 20.8 Å². The van der Waals surface area contributed by atoms with Gasteiger partial charge < -0.3 is 15.9 Å². The number of aliphatic hydroxyl groups is 1. The van der Waals surface area contributed by atoms with E-state index in [1.54, 1.807) is 0 Å². The van der Waals surface area contributed by atoms with Gasteiger partial charge in [-0.05, 0) is 25.7 Å². The third-order valence-corrected chi connectivity index (χ3v) is 5.63. The Morgan fingerprint density at radius 1 is 1.09 bits per heavy atom. The van der Waals surface area contributed by atoms with E-state index in [-0.39, 0.29) is 6.04 Å². The molecule has 23 heavy (non-hydrogen) atoms. The van der Waals surface area contributed by atoms with Gasteiger partial charge in [-0.25, -0.2) is 4.79 Å². The minimum Gasteiger partial charge on any atom is -0.465 e. The van der Waals surface area contributed by atoms with Gasteiger partial charge in [0.15, 0.2) is 0 Å². The van der Waals surface area contributed by atoms with Crippen LogP contribution in [0.25, 0.3) is 0 Å². The Bertz CT molecular complexity index is 367. The number of nitrogens with two attached hydrogens (primary N) is 1. The molecule has 0 unspecified atom stereocenters. The lowest BCUT2D eigenvalue weighted by Crippen LogP contribution is -2.75. The predicted octanol–water partition coefficient (Wildman–Crippen LogP) is 3.74. The summed E-state index contributed by atoms with van der Waals surface area (Å²) in [5.41, 5.74) is 4.51. The van der Waals surface area contributed by atoms with Gasteiger partial charge in [-0.2, -0.15) is 0 Å². The van der Waals surface area contributed by atoms with Crippen LogP contribution in [0.2, 0.25) is 0 Å². The SMILES string of the molecule is CCCCC1(CCCC)N(C(=O)O)CC[C@H](N)[C@@]1(O)CCCC. The number of nitrogens with zero attached hydrogens (tertiary/aromatic N) is 1. The van der Waals surface area contributed by atoms with Crippen LogP contribution < -0.4 is 5.73 Å². The molecule has 2 atom stereocenters. The monoisotopic (exact) mass is 328 g/mol. The Morgan fingerprint density at radius 2 is 1.57 bits per heavy atom. The van der Waals surface area contributed by atoms with Crippen molar-refractivity contribution in [3.63, 3.8) is 0 Å². The summed E-state index contributed by atoms with van der Waals surface area (Å²) in [6, 6.07) is -0.349. The van der Waals surface area contributed by atoms with E-state index >= 15 is 0 Å². The first-order valence-corrected chi connectivity index (χ1v) is 9.38. The number of unbranched alkanes of at least 4 members (excludes halogenated alkanes) is 3. The number of amides is 1. The summed E-state index contributed by atoms with van der Waals surface area (Å²) >= 11 is 0. The summed E-state index contributed by atoms with van der Waals surface area (Å²) in [6.45, 7) is 6.73. The van der Waals surface area contributed by atoms with Crippen LogP contribution in [0.3, 0.4) is 0 Å². The van der Waals surface area contributed by atoms with Gasteiger partial charge in [0.1, 0.15) is 5.60 Å². The first-order valence-electron chi connectivity index (χ1n) is 9.38. The highest BCUT2D eigenvalue weighted by molar-refractivity contribution is 5.67. The topological polar surface area (TPSA) is 86.8 Å². The first-order chi connectivity index (χ1) is 10.9. The molecule has 1 fully saturated rings. The maximum atomic E-state index is 11.9. The second kappa shape index (κ2) is 8.88. The summed E-state index contributed by atoms with van der Waals surface area (Å²) in [5.74, 6) is 0. The van der Waals surface area contributed by atoms with Gasteiger partial charge in [0.25, 0.3) is 0 Å². The number of piperidine rings is 1. The molecule has 5 heteroatoms. The molecule has 0 aromatic rings. The molecule has 0 aromatic heterocycles. The fourth-order valence-electron chi connectivity index (χ4n) is 4.21. The first kappa shape index (κ1) is 20.2. The molecule has 5 nitrogen and oxygen atoms in total. The highest BCUT2D eigenvalue weighted by atomic mass is 16.4. The molecule has 1 aliphatic rings. The summed E-state index contributed by atoms with van der Waals surface area (Å²) < 4.78 is 0. The Morgan fingerprint density at radius 3 is 2.00 bits per heavy atom. The Hall–Kier alpha value is -0.810. The van der Waals surface area contributed by atoms with Crippen molar-refractivity contribution in [3.8, 4) is 0 Å². The number of hydrogen-bond acceptors (Lipinski definition) is 3.